The second kappa shape index (κ2) is 6.54. The van der Waals surface area contributed by atoms with E-state index < -0.39 is 15.8 Å². The van der Waals surface area contributed by atoms with Gasteiger partial charge in [0.15, 0.2) is 0 Å². The van der Waals surface area contributed by atoms with Crippen molar-refractivity contribution in [3.8, 4) is 0 Å². The number of benzene rings is 1. The van der Waals surface area contributed by atoms with Gasteiger partial charge in [-0.05, 0) is 31.0 Å². The van der Waals surface area contributed by atoms with E-state index >= 15 is 0 Å². The number of rotatable bonds is 3. The molecule has 0 unspecified atom stereocenters. The third-order valence-electron chi connectivity index (χ3n) is 3.63. The van der Waals surface area contributed by atoms with E-state index in [0.717, 1.165) is 50.7 Å². The van der Waals surface area contributed by atoms with Crippen LogP contribution in [-0.2, 0) is 10.0 Å². The monoisotopic (exact) mass is 300 g/mol. The minimum Gasteiger partial charge on any atom is -0.399 e. The van der Waals surface area contributed by atoms with Crippen LogP contribution in [-0.4, -0.2) is 14.5 Å². The van der Waals surface area contributed by atoms with E-state index in [0.29, 0.717) is 0 Å². The highest BCUT2D eigenvalue weighted by molar-refractivity contribution is 7.89. The highest BCUT2D eigenvalue weighted by Gasteiger charge is 2.21. The summed E-state index contributed by atoms with van der Waals surface area (Å²) in [4.78, 5) is -0.0999. The highest BCUT2D eigenvalue weighted by Crippen LogP contribution is 2.21. The molecule has 6 heteroatoms. The van der Waals surface area contributed by atoms with Crippen LogP contribution in [0.1, 0.15) is 44.9 Å². The van der Waals surface area contributed by atoms with Crippen molar-refractivity contribution in [2.45, 2.75) is 55.9 Å². The lowest BCUT2D eigenvalue weighted by atomic mass is 9.97. The van der Waals surface area contributed by atoms with E-state index in [4.69, 9.17) is 5.73 Å². The molecule has 1 aromatic rings. The average molecular weight is 300 g/mol. The molecule has 0 bridgehead atoms. The first-order valence-corrected chi connectivity index (χ1v) is 8.54. The fourth-order valence-corrected chi connectivity index (χ4v) is 3.97. The highest BCUT2D eigenvalue weighted by atomic mass is 32.2. The molecule has 0 aromatic heterocycles. The SMILES string of the molecule is Nc1cc(F)cc(S(=O)(=O)NC2CCCCCCC2)c1. The van der Waals surface area contributed by atoms with Crippen molar-refractivity contribution in [1.29, 1.82) is 0 Å². The van der Waals surface area contributed by atoms with Gasteiger partial charge in [-0.3, -0.25) is 0 Å². The molecule has 2 rings (SSSR count). The van der Waals surface area contributed by atoms with Crippen molar-refractivity contribution < 1.29 is 12.8 Å². The molecule has 0 radical (unpaired) electrons. The number of nitrogens with one attached hydrogen (secondary N) is 1. The molecule has 3 N–H and O–H groups in total. The van der Waals surface area contributed by atoms with E-state index in [1.807, 2.05) is 0 Å². The summed E-state index contributed by atoms with van der Waals surface area (Å²) in [5, 5.41) is 0. The average Bonchev–Trinajstić information content (AvgIpc) is 2.31. The Morgan fingerprint density at radius 3 is 2.25 bits per heavy atom. The van der Waals surface area contributed by atoms with Crippen LogP contribution in [0.3, 0.4) is 0 Å². The van der Waals surface area contributed by atoms with Crippen LogP contribution in [0.25, 0.3) is 0 Å². The van der Waals surface area contributed by atoms with Gasteiger partial charge in [0, 0.05) is 11.7 Å². The Labute approximate surface area is 119 Å². The van der Waals surface area contributed by atoms with Crippen LogP contribution in [0.5, 0.6) is 0 Å². The van der Waals surface area contributed by atoms with Crippen molar-refractivity contribution in [3.63, 3.8) is 0 Å². The van der Waals surface area contributed by atoms with Crippen LogP contribution in [0, 0.1) is 5.82 Å². The number of nitrogen functional groups attached to an aromatic ring is 1. The Kier molecular flexibility index (Phi) is 4.99. The van der Waals surface area contributed by atoms with Gasteiger partial charge in [0.1, 0.15) is 5.82 Å². The van der Waals surface area contributed by atoms with Crippen molar-refractivity contribution in [2.24, 2.45) is 0 Å². The van der Waals surface area contributed by atoms with Gasteiger partial charge in [0.2, 0.25) is 10.0 Å². The third kappa shape index (κ3) is 4.18. The molecular formula is C14H21FN2O2S. The van der Waals surface area contributed by atoms with Gasteiger partial charge in [-0.25, -0.2) is 17.5 Å². The summed E-state index contributed by atoms with van der Waals surface area (Å²) in [6.07, 6.45) is 7.24. The molecule has 0 amide bonds. The van der Waals surface area contributed by atoms with E-state index in [1.165, 1.54) is 12.5 Å². The maximum Gasteiger partial charge on any atom is 0.240 e. The Hall–Kier alpha value is -1.14. The Bertz CT molecular complexity index is 532. The van der Waals surface area contributed by atoms with Gasteiger partial charge in [0.25, 0.3) is 0 Å². The van der Waals surface area contributed by atoms with Crippen molar-refractivity contribution in [3.05, 3.63) is 24.0 Å². The summed E-state index contributed by atoms with van der Waals surface area (Å²) in [6.45, 7) is 0. The summed E-state index contributed by atoms with van der Waals surface area (Å²) >= 11 is 0. The Morgan fingerprint density at radius 2 is 1.65 bits per heavy atom. The Morgan fingerprint density at radius 1 is 1.05 bits per heavy atom. The smallest absolute Gasteiger partial charge is 0.240 e. The molecule has 0 aliphatic heterocycles. The van der Waals surface area contributed by atoms with Gasteiger partial charge in [0.05, 0.1) is 4.90 Å². The Balaban J connectivity index is 2.12. The number of nitrogens with two attached hydrogens (primary N) is 1. The third-order valence-corrected chi connectivity index (χ3v) is 5.13. The number of sulfonamides is 1. The molecule has 0 atom stereocenters. The summed E-state index contributed by atoms with van der Waals surface area (Å²) in [7, 11) is -3.70. The molecular weight excluding hydrogens is 279 g/mol. The minimum atomic E-state index is -3.70. The van der Waals surface area contributed by atoms with Crippen LogP contribution in [0.2, 0.25) is 0 Å². The van der Waals surface area contributed by atoms with Crippen molar-refractivity contribution in [1.82, 2.24) is 4.72 Å². The lowest BCUT2D eigenvalue weighted by molar-refractivity contribution is 0.426. The molecule has 112 valence electrons. The molecule has 4 nitrogen and oxygen atoms in total. The second-order valence-electron chi connectivity index (χ2n) is 5.38. The first kappa shape index (κ1) is 15.3. The molecule has 1 aromatic carbocycles. The lowest BCUT2D eigenvalue weighted by Gasteiger charge is -2.21. The number of anilines is 1. The molecule has 20 heavy (non-hydrogen) atoms. The predicted molar refractivity (Wildman–Crippen MR) is 77.2 cm³/mol. The van der Waals surface area contributed by atoms with Crippen LogP contribution in [0.4, 0.5) is 10.1 Å². The summed E-state index contributed by atoms with van der Waals surface area (Å²) in [5.41, 5.74) is 5.62. The first-order chi connectivity index (χ1) is 9.47. The molecule has 1 aliphatic rings. The van der Waals surface area contributed by atoms with E-state index in [2.05, 4.69) is 4.72 Å². The first-order valence-electron chi connectivity index (χ1n) is 7.06. The van der Waals surface area contributed by atoms with Gasteiger partial charge in [-0.2, -0.15) is 0 Å². The fourth-order valence-electron chi connectivity index (χ4n) is 2.60. The molecule has 1 saturated carbocycles. The standard InChI is InChI=1S/C14H21FN2O2S/c15-11-8-12(16)10-14(9-11)20(18,19)17-13-6-4-2-1-3-5-7-13/h8-10,13,17H,1-7,16H2. The van der Waals surface area contributed by atoms with Gasteiger partial charge in [-0.15, -0.1) is 0 Å². The number of halogens is 1. The normalized spacial score (nSPS) is 18.4. The summed E-state index contributed by atoms with van der Waals surface area (Å²) < 4.78 is 40.5. The number of hydrogen-bond donors (Lipinski definition) is 2. The van der Waals surface area contributed by atoms with Crippen LogP contribution in [0.15, 0.2) is 23.1 Å². The van der Waals surface area contributed by atoms with E-state index in [-0.39, 0.29) is 16.6 Å². The largest absolute Gasteiger partial charge is 0.399 e. The minimum absolute atomic E-state index is 0.0650. The van der Waals surface area contributed by atoms with Crippen molar-refractivity contribution >= 4 is 15.7 Å². The molecule has 0 spiro atoms. The molecule has 1 fully saturated rings. The maximum absolute atomic E-state index is 13.3. The lowest BCUT2D eigenvalue weighted by Crippen LogP contribution is -2.35. The zero-order chi connectivity index (χ0) is 14.6. The fraction of sp³-hybridized carbons (Fsp3) is 0.571. The van der Waals surface area contributed by atoms with Crippen LogP contribution >= 0.6 is 0 Å². The molecule has 1 aliphatic carbocycles. The quantitative estimate of drug-likeness (QED) is 0.843. The van der Waals surface area contributed by atoms with Gasteiger partial charge in [-0.1, -0.05) is 32.1 Å². The summed E-state index contributed by atoms with van der Waals surface area (Å²) in [6, 6.07) is 3.33. The van der Waals surface area contributed by atoms with Gasteiger partial charge >= 0.3 is 0 Å². The second-order valence-corrected chi connectivity index (χ2v) is 7.10. The predicted octanol–water partition coefficient (Wildman–Crippen LogP) is 2.80. The van der Waals surface area contributed by atoms with Crippen molar-refractivity contribution in [2.75, 3.05) is 5.73 Å². The maximum atomic E-state index is 13.3. The summed E-state index contributed by atoms with van der Waals surface area (Å²) in [5.74, 6) is -0.636. The van der Waals surface area contributed by atoms with Gasteiger partial charge < -0.3 is 5.73 Å². The number of hydrogen-bond acceptors (Lipinski definition) is 3. The topological polar surface area (TPSA) is 72.2 Å². The molecule has 0 saturated heterocycles. The van der Waals surface area contributed by atoms with E-state index in [1.54, 1.807) is 0 Å². The zero-order valence-corrected chi connectivity index (χ0v) is 12.3. The van der Waals surface area contributed by atoms with Crippen LogP contribution < -0.4 is 10.5 Å². The van der Waals surface area contributed by atoms with E-state index in [9.17, 15) is 12.8 Å². The zero-order valence-electron chi connectivity index (χ0n) is 11.4. The molecule has 0 heterocycles.